The zero-order valence-electron chi connectivity index (χ0n) is 15.4. The maximum Gasteiger partial charge on any atom is 0.201 e. The van der Waals surface area contributed by atoms with Crippen LogP contribution in [-0.4, -0.2) is 42.5 Å². The molecule has 0 amide bonds. The van der Waals surface area contributed by atoms with Gasteiger partial charge in [0.25, 0.3) is 0 Å². The van der Waals surface area contributed by atoms with Gasteiger partial charge in [-0.05, 0) is 33.6 Å². The van der Waals surface area contributed by atoms with E-state index in [0.717, 1.165) is 0 Å². The van der Waals surface area contributed by atoms with Crippen LogP contribution in [0.4, 0.5) is 4.39 Å². The van der Waals surface area contributed by atoms with E-state index in [1.54, 1.807) is 47.7 Å². The van der Waals surface area contributed by atoms with Gasteiger partial charge >= 0.3 is 0 Å². The van der Waals surface area contributed by atoms with Gasteiger partial charge in [0.05, 0.1) is 13.2 Å². The fraction of sp³-hybridized carbons (Fsp3) is 0.278. The topological polar surface area (TPSA) is 82.5 Å². The number of hydrogen-bond acceptors (Lipinski definition) is 6. The number of ether oxygens (including phenoxy) is 1. The monoisotopic (exact) mass is 369 g/mol. The van der Waals surface area contributed by atoms with Crippen LogP contribution in [0.3, 0.4) is 0 Å². The minimum absolute atomic E-state index is 0.0652. The predicted octanol–water partition coefficient (Wildman–Crippen LogP) is 2.99. The lowest BCUT2D eigenvalue weighted by atomic mass is 10.3. The number of imidazole rings is 1. The smallest absolute Gasteiger partial charge is 0.201 e. The largest absolute Gasteiger partial charge is 0.488 e. The first-order valence-corrected chi connectivity index (χ1v) is 8.43. The first-order chi connectivity index (χ1) is 13.1. The van der Waals surface area contributed by atoms with Crippen molar-refractivity contribution in [2.45, 2.75) is 27.3 Å². The lowest BCUT2D eigenvalue weighted by Crippen LogP contribution is -2.10. The molecule has 0 saturated heterocycles. The Bertz CT molecular complexity index is 1030. The molecule has 0 N–H and O–H groups in total. The second-order valence-electron chi connectivity index (χ2n) is 5.61. The molecule has 3 aromatic rings. The van der Waals surface area contributed by atoms with Crippen molar-refractivity contribution in [1.82, 2.24) is 29.1 Å². The molecule has 3 aromatic heterocycles. The number of aryl methyl sites for hydroxylation is 1. The van der Waals surface area contributed by atoms with Gasteiger partial charge in [0.2, 0.25) is 5.65 Å². The van der Waals surface area contributed by atoms with E-state index >= 15 is 0 Å². The van der Waals surface area contributed by atoms with Gasteiger partial charge in [-0.15, -0.1) is 0 Å². The minimum atomic E-state index is -0.513. The van der Waals surface area contributed by atoms with Gasteiger partial charge < -0.3 is 9.30 Å². The van der Waals surface area contributed by atoms with Gasteiger partial charge in [-0.3, -0.25) is 4.99 Å². The third-order valence-corrected chi connectivity index (χ3v) is 3.76. The summed E-state index contributed by atoms with van der Waals surface area (Å²) in [6.07, 6.45) is 7.78. The standard InChI is InChI=1S/C18H20FN7O/c1-5-7-13(19)15(20-4)17-21-8-9-25(17)10-14-16(27-6-2)18-23-12(3)24-26(18)11-22-14/h5,7-9,11H,4,6,10H2,1-3H3. The molecule has 0 unspecified atom stereocenters. The first-order valence-electron chi connectivity index (χ1n) is 8.43. The van der Waals surface area contributed by atoms with Crippen LogP contribution >= 0.6 is 0 Å². The Kier molecular flexibility index (Phi) is 5.39. The van der Waals surface area contributed by atoms with Crippen molar-refractivity contribution >= 4 is 18.1 Å². The van der Waals surface area contributed by atoms with Gasteiger partial charge in [0, 0.05) is 12.4 Å². The third kappa shape index (κ3) is 3.62. The van der Waals surface area contributed by atoms with E-state index in [4.69, 9.17) is 4.74 Å². The normalized spacial score (nSPS) is 12.6. The summed E-state index contributed by atoms with van der Waals surface area (Å²) in [4.78, 5) is 16.9. The maximum atomic E-state index is 14.3. The highest BCUT2D eigenvalue weighted by Gasteiger charge is 2.18. The number of nitrogens with zero attached hydrogens (tertiary/aromatic N) is 7. The number of halogens is 1. The molecule has 0 radical (unpaired) electrons. The molecule has 0 spiro atoms. The molecule has 3 rings (SSSR count). The summed E-state index contributed by atoms with van der Waals surface area (Å²) in [6, 6.07) is 0. The summed E-state index contributed by atoms with van der Waals surface area (Å²) in [5.41, 5.74) is 1.28. The molecule has 0 aromatic carbocycles. The molecule has 0 aliphatic heterocycles. The van der Waals surface area contributed by atoms with Crippen molar-refractivity contribution in [2.24, 2.45) is 4.99 Å². The highest BCUT2D eigenvalue weighted by molar-refractivity contribution is 5.67. The van der Waals surface area contributed by atoms with Gasteiger partial charge in [0.1, 0.15) is 23.5 Å². The fourth-order valence-electron chi connectivity index (χ4n) is 2.68. The highest BCUT2D eigenvalue weighted by Crippen LogP contribution is 2.25. The molecular weight excluding hydrogens is 349 g/mol. The Morgan fingerprint density at radius 1 is 1.41 bits per heavy atom. The van der Waals surface area contributed by atoms with E-state index in [1.165, 1.54) is 6.08 Å². The Hall–Kier alpha value is -3.36. The predicted molar refractivity (Wildman–Crippen MR) is 100 cm³/mol. The SMILES string of the molecule is C=NC(=C(F)C=CC)c1nccn1Cc1ncn2nc(C)nc2c1OCC. The number of hydrogen-bond donors (Lipinski definition) is 0. The van der Waals surface area contributed by atoms with E-state index in [1.807, 2.05) is 6.92 Å². The van der Waals surface area contributed by atoms with E-state index in [2.05, 4.69) is 31.8 Å². The van der Waals surface area contributed by atoms with Gasteiger partial charge in [0.15, 0.2) is 17.4 Å². The molecule has 0 atom stereocenters. The molecule has 0 aliphatic carbocycles. The van der Waals surface area contributed by atoms with Crippen LogP contribution in [0, 0.1) is 6.92 Å². The average molecular weight is 369 g/mol. The lowest BCUT2D eigenvalue weighted by Gasteiger charge is -2.12. The zero-order chi connectivity index (χ0) is 19.4. The van der Waals surface area contributed by atoms with Crippen molar-refractivity contribution < 1.29 is 9.13 Å². The maximum absolute atomic E-state index is 14.3. The molecule has 0 fully saturated rings. The summed E-state index contributed by atoms with van der Waals surface area (Å²) in [5.74, 6) is 0.989. The Balaban J connectivity index is 2.07. The quantitative estimate of drug-likeness (QED) is 0.472. The van der Waals surface area contributed by atoms with Crippen LogP contribution in [-0.2, 0) is 6.54 Å². The molecular formula is C18H20FN7O. The minimum Gasteiger partial charge on any atom is -0.488 e. The summed E-state index contributed by atoms with van der Waals surface area (Å²) in [7, 11) is 0. The second kappa shape index (κ2) is 7.90. The van der Waals surface area contributed by atoms with Crippen molar-refractivity contribution in [1.29, 1.82) is 0 Å². The molecule has 8 nitrogen and oxygen atoms in total. The molecule has 0 saturated carbocycles. The molecule has 3 heterocycles. The molecule has 140 valence electrons. The van der Waals surface area contributed by atoms with Crippen molar-refractivity contribution in [3.05, 3.63) is 54.0 Å². The fourth-order valence-corrected chi connectivity index (χ4v) is 2.68. The Morgan fingerprint density at radius 2 is 2.22 bits per heavy atom. The molecule has 9 heteroatoms. The van der Waals surface area contributed by atoms with Gasteiger partial charge in [-0.1, -0.05) is 6.08 Å². The summed E-state index contributed by atoms with van der Waals surface area (Å²) in [5, 5.41) is 4.25. The van der Waals surface area contributed by atoms with E-state index in [-0.39, 0.29) is 5.70 Å². The molecule has 0 aliphatic rings. The number of allylic oxidation sites excluding steroid dienone is 3. The van der Waals surface area contributed by atoms with Crippen LogP contribution in [0.25, 0.3) is 11.3 Å². The van der Waals surface area contributed by atoms with Crippen molar-refractivity contribution in [2.75, 3.05) is 6.61 Å². The Labute approximate surface area is 155 Å². The van der Waals surface area contributed by atoms with Crippen LogP contribution in [0.15, 0.2) is 41.7 Å². The summed E-state index contributed by atoms with van der Waals surface area (Å²) < 4.78 is 23.4. The summed E-state index contributed by atoms with van der Waals surface area (Å²) >= 11 is 0. The second-order valence-corrected chi connectivity index (χ2v) is 5.61. The van der Waals surface area contributed by atoms with Gasteiger partial charge in [-0.2, -0.15) is 9.61 Å². The van der Waals surface area contributed by atoms with Crippen LogP contribution in [0.5, 0.6) is 5.75 Å². The van der Waals surface area contributed by atoms with Crippen molar-refractivity contribution in [3.8, 4) is 5.75 Å². The van der Waals surface area contributed by atoms with Crippen LogP contribution in [0.1, 0.15) is 31.2 Å². The van der Waals surface area contributed by atoms with Crippen LogP contribution in [0.2, 0.25) is 0 Å². The Morgan fingerprint density at radius 3 is 2.93 bits per heavy atom. The van der Waals surface area contributed by atoms with Crippen LogP contribution < -0.4 is 4.74 Å². The third-order valence-electron chi connectivity index (χ3n) is 3.76. The van der Waals surface area contributed by atoms with E-state index in [9.17, 15) is 4.39 Å². The number of fused-ring (bicyclic) bond motifs is 1. The molecule has 27 heavy (non-hydrogen) atoms. The average Bonchev–Trinajstić information content (AvgIpc) is 3.24. The van der Waals surface area contributed by atoms with Crippen molar-refractivity contribution in [3.63, 3.8) is 0 Å². The zero-order valence-corrected chi connectivity index (χ0v) is 15.4. The molecule has 0 bridgehead atoms. The summed E-state index contributed by atoms with van der Waals surface area (Å²) in [6.45, 7) is 9.62. The number of aliphatic imine (C=N–C) groups is 1. The van der Waals surface area contributed by atoms with E-state index < -0.39 is 5.83 Å². The lowest BCUT2D eigenvalue weighted by molar-refractivity contribution is 0.335. The number of aromatic nitrogens is 6. The number of rotatable bonds is 7. The van der Waals surface area contributed by atoms with Gasteiger partial charge in [-0.25, -0.2) is 19.3 Å². The highest BCUT2D eigenvalue weighted by atomic mass is 19.1. The first kappa shape index (κ1) is 18.4. The van der Waals surface area contributed by atoms with E-state index in [0.29, 0.717) is 41.9 Å².